The molecule has 20 heavy (non-hydrogen) atoms. The van der Waals surface area contributed by atoms with Gasteiger partial charge in [-0.05, 0) is 37.2 Å². The fourth-order valence-corrected chi connectivity index (χ4v) is 4.16. The third-order valence-corrected chi connectivity index (χ3v) is 5.79. The van der Waals surface area contributed by atoms with Crippen LogP contribution in [0.4, 0.5) is 0 Å². The summed E-state index contributed by atoms with van der Waals surface area (Å²) in [7, 11) is -3.43. The number of hydrogen-bond acceptors (Lipinski definition) is 5. The van der Waals surface area contributed by atoms with E-state index in [0.717, 1.165) is 10.6 Å². The first-order chi connectivity index (χ1) is 9.62. The Bertz CT molecular complexity index is 639. The Morgan fingerprint density at radius 3 is 2.75 bits per heavy atom. The molecule has 0 atom stereocenters. The third-order valence-electron chi connectivity index (χ3n) is 2.69. The molecule has 2 aromatic rings. The van der Waals surface area contributed by atoms with Crippen molar-refractivity contribution in [2.75, 3.05) is 13.1 Å². The molecule has 0 saturated carbocycles. The molecule has 2 heterocycles. The summed E-state index contributed by atoms with van der Waals surface area (Å²) in [4.78, 5) is 5.14. The van der Waals surface area contributed by atoms with Crippen molar-refractivity contribution >= 4 is 21.4 Å². The second-order valence-electron chi connectivity index (χ2n) is 4.23. The molecule has 7 heteroatoms. The molecule has 0 radical (unpaired) electrons. The van der Waals surface area contributed by atoms with Gasteiger partial charge in [-0.1, -0.05) is 6.07 Å². The minimum atomic E-state index is -3.43. The lowest BCUT2D eigenvalue weighted by Crippen LogP contribution is -2.25. The number of aromatic nitrogens is 1. The van der Waals surface area contributed by atoms with E-state index in [1.165, 1.54) is 11.3 Å². The molecule has 0 unspecified atom stereocenters. The summed E-state index contributed by atoms with van der Waals surface area (Å²) < 4.78 is 27.1. The van der Waals surface area contributed by atoms with Gasteiger partial charge in [-0.15, -0.1) is 11.3 Å². The first-order valence-corrected chi connectivity index (χ1v) is 8.60. The van der Waals surface area contributed by atoms with E-state index < -0.39 is 10.0 Å². The normalized spacial score (nSPS) is 11.7. The number of pyridine rings is 1. The summed E-state index contributed by atoms with van der Waals surface area (Å²) in [6.07, 6.45) is 2.97. The van der Waals surface area contributed by atoms with Crippen molar-refractivity contribution in [3.05, 3.63) is 47.1 Å². The van der Waals surface area contributed by atoms with Crippen molar-refractivity contribution < 1.29 is 8.42 Å². The first kappa shape index (κ1) is 15.1. The van der Waals surface area contributed by atoms with Crippen LogP contribution in [0.3, 0.4) is 0 Å². The topological polar surface area (TPSA) is 85.1 Å². The van der Waals surface area contributed by atoms with Gasteiger partial charge in [0, 0.05) is 29.7 Å². The van der Waals surface area contributed by atoms with Crippen molar-refractivity contribution in [1.29, 1.82) is 0 Å². The Morgan fingerprint density at radius 2 is 2.05 bits per heavy atom. The lowest BCUT2D eigenvalue weighted by atomic mass is 10.3. The molecule has 2 aromatic heterocycles. The summed E-state index contributed by atoms with van der Waals surface area (Å²) in [5.41, 5.74) is 6.32. The van der Waals surface area contributed by atoms with Crippen LogP contribution in [-0.2, 0) is 22.9 Å². The number of nitrogens with two attached hydrogens (primary N) is 1. The van der Waals surface area contributed by atoms with E-state index in [1.807, 2.05) is 24.3 Å². The molecule has 3 N–H and O–H groups in total. The summed E-state index contributed by atoms with van der Waals surface area (Å²) in [6.45, 7) is 0.858. The van der Waals surface area contributed by atoms with E-state index in [-0.39, 0.29) is 0 Å². The van der Waals surface area contributed by atoms with Gasteiger partial charge < -0.3 is 5.73 Å². The minimum absolute atomic E-state index is 0.335. The number of rotatable bonds is 7. The van der Waals surface area contributed by atoms with E-state index in [0.29, 0.717) is 30.1 Å². The molecule has 2 rings (SSSR count). The molecule has 5 nitrogen and oxygen atoms in total. The monoisotopic (exact) mass is 311 g/mol. The highest BCUT2D eigenvalue weighted by Crippen LogP contribution is 2.21. The van der Waals surface area contributed by atoms with Crippen molar-refractivity contribution in [3.63, 3.8) is 0 Å². The maximum atomic E-state index is 12.1. The lowest BCUT2D eigenvalue weighted by molar-refractivity contribution is 0.583. The van der Waals surface area contributed by atoms with Crippen LogP contribution in [0, 0.1) is 0 Å². The summed E-state index contributed by atoms with van der Waals surface area (Å²) in [6, 6.07) is 9.02. The van der Waals surface area contributed by atoms with Crippen molar-refractivity contribution in [1.82, 2.24) is 9.71 Å². The minimum Gasteiger partial charge on any atom is -0.330 e. The first-order valence-electron chi connectivity index (χ1n) is 6.30. The molecule has 0 fully saturated rings. The molecule has 0 spiro atoms. The molecule has 0 aliphatic carbocycles. The van der Waals surface area contributed by atoms with E-state index in [9.17, 15) is 8.42 Å². The van der Waals surface area contributed by atoms with Crippen LogP contribution < -0.4 is 10.5 Å². The molecule has 0 amide bonds. The zero-order valence-corrected chi connectivity index (χ0v) is 12.6. The van der Waals surface area contributed by atoms with Crippen molar-refractivity contribution in [3.8, 4) is 0 Å². The fourth-order valence-electron chi connectivity index (χ4n) is 1.71. The van der Waals surface area contributed by atoms with Crippen LogP contribution in [0.15, 0.2) is 40.7 Å². The molecule has 0 aromatic carbocycles. The smallest absolute Gasteiger partial charge is 0.250 e. The van der Waals surface area contributed by atoms with Crippen molar-refractivity contribution in [2.45, 2.75) is 17.1 Å². The average Bonchev–Trinajstić information content (AvgIpc) is 2.90. The zero-order valence-electron chi connectivity index (χ0n) is 11.0. The Balaban J connectivity index is 1.93. The van der Waals surface area contributed by atoms with Gasteiger partial charge in [0.1, 0.15) is 4.21 Å². The fraction of sp³-hybridized carbons (Fsp3) is 0.308. The van der Waals surface area contributed by atoms with Gasteiger partial charge in [-0.2, -0.15) is 0 Å². The van der Waals surface area contributed by atoms with Gasteiger partial charge in [0.2, 0.25) is 10.0 Å². The largest absolute Gasteiger partial charge is 0.330 e. The summed E-state index contributed by atoms with van der Waals surface area (Å²) in [5.74, 6) is 0. The van der Waals surface area contributed by atoms with Crippen LogP contribution in [-0.4, -0.2) is 26.5 Å². The van der Waals surface area contributed by atoms with Crippen LogP contribution in [0.1, 0.15) is 10.6 Å². The second kappa shape index (κ2) is 6.94. The van der Waals surface area contributed by atoms with Crippen molar-refractivity contribution in [2.24, 2.45) is 5.73 Å². The number of hydrogen-bond donors (Lipinski definition) is 2. The SMILES string of the molecule is NCCc1ccc(S(=O)(=O)NCCc2ccccn2)s1. The third kappa shape index (κ3) is 4.11. The number of sulfonamides is 1. The van der Waals surface area contributed by atoms with E-state index in [1.54, 1.807) is 12.3 Å². The highest BCUT2D eigenvalue weighted by atomic mass is 32.2. The van der Waals surface area contributed by atoms with Gasteiger partial charge in [-0.3, -0.25) is 4.98 Å². The van der Waals surface area contributed by atoms with E-state index >= 15 is 0 Å². The highest BCUT2D eigenvalue weighted by Gasteiger charge is 2.16. The Morgan fingerprint density at radius 1 is 1.20 bits per heavy atom. The summed E-state index contributed by atoms with van der Waals surface area (Å²) in [5, 5.41) is 0. The number of nitrogens with one attached hydrogen (secondary N) is 1. The second-order valence-corrected chi connectivity index (χ2v) is 7.39. The number of thiophene rings is 1. The van der Waals surface area contributed by atoms with Gasteiger partial charge >= 0.3 is 0 Å². The van der Waals surface area contributed by atoms with E-state index in [4.69, 9.17) is 5.73 Å². The highest BCUT2D eigenvalue weighted by molar-refractivity contribution is 7.91. The van der Waals surface area contributed by atoms with Crippen LogP contribution in [0.5, 0.6) is 0 Å². The Kier molecular flexibility index (Phi) is 5.24. The lowest BCUT2D eigenvalue weighted by Gasteiger charge is -2.04. The molecule has 0 aliphatic rings. The van der Waals surface area contributed by atoms with Gasteiger partial charge in [0.05, 0.1) is 0 Å². The zero-order chi connectivity index (χ0) is 14.4. The maximum Gasteiger partial charge on any atom is 0.250 e. The van der Waals surface area contributed by atoms with Gasteiger partial charge in [0.25, 0.3) is 0 Å². The predicted molar refractivity (Wildman–Crippen MR) is 80.2 cm³/mol. The van der Waals surface area contributed by atoms with Crippen LogP contribution >= 0.6 is 11.3 Å². The number of nitrogens with zero attached hydrogens (tertiary/aromatic N) is 1. The van der Waals surface area contributed by atoms with Crippen LogP contribution in [0.2, 0.25) is 0 Å². The molecule has 0 bridgehead atoms. The van der Waals surface area contributed by atoms with E-state index in [2.05, 4.69) is 9.71 Å². The van der Waals surface area contributed by atoms with Crippen LogP contribution in [0.25, 0.3) is 0 Å². The predicted octanol–water partition coefficient (Wildman–Crippen LogP) is 1.17. The molecular weight excluding hydrogens is 294 g/mol. The molecule has 0 saturated heterocycles. The summed E-state index contributed by atoms with van der Waals surface area (Å²) >= 11 is 1.26. The molecular formula is C13H17N3O2S2. The Hall–Kier alpha value is -1.28. The molecule has 0 aliphatic heterocycles. The quantitative estimate of drug-likeness (QED) is 0.803. The van der Waals surface area contributed by atoms with Gasteiger partial charge in [-0.25, -0.2) is 13.1 Å². The average molecular weight is 311 g/mol. The van der Waals surface area contributed by atoms with Gasteiger partial charge in [0.15, 0.2) is 0 Å². The molecule has 108 valence electrons. The standard InChI is InChI=1S/C13H17N3O2S2/c14-8-6-12-4-5-13(19-12)20(17,18)16-10-7-11-3-1-2-9-15-11/h1-5,9,16H,6-8,10,14H2. The maximum absolute atomic E-state index is 12.1. The Labute approximate surface area is 122 Å².